The number of aromatic nitrogens is 1. The van der Waals surface area contributed by atoms with Crippen LogP contribution in [0.15, 0.2) is 23.2 Å². The third-order valence-electron chi connectivity index (χ3n) is 5.49. The van der Waals surface area contributed by atoms with Crippen molar-refractivity contribution in [1.82, 2.24) is 14.4 Å². The summed E-state index contributed by atoms with van der Waals surface area (Å²) < 4.78 is 37.2. The lowest BCUT2D eigenvalue weighted by Crippen LogP contribution is -2.52. The fourth-order valence-corrected chi connectivity index (χ4v) is 5.97. The summed E-state index contributed by atoms with van der Waals surface area (Å²) in [6.07, 6.45) is -0.475. The molecular formula is C22H28N4O8S2. The third kappa shape index (κ3) is 6.49. The lowest BCUT2D eigenvalue weighted by molar-refractivity contribution is -0.130. The second kappa shape index (κ2) is 11.6. The number of thiazole rings is 1. The van der Waals surface area contributed by atoms with Gasteiger partial charge in [0.15, 0.2) is 14.6 Å². The number of carbonyl (C=O) groups is 4. The number of sulfone groups is 1. The first-order chi connectivity index (χ1) is 17.1. The Kier molecular flexibility index (Phi) is 8.84. The van der Waals surface area contributed by atoms with Gasteiger partial charge in [0, 0.05) is 32.7 Å². The van der Waals surface area contributed by atoms with E-state index in [1.807, 2.05) is 6.92 Å². The predicted molar refractivity (Wildman–Crippen MR) is 131 cm³/mol. The van der Waals surface area contributed by atoms with Gasteiger partial charge in [0.05, 0.1) is 29.5 Å². The van der Waals surface area contributed by atoms with Crippen LogP contribution in [0.4, 0.5) is 4.79 Å². The Hall–Kier alpha value is -3.26. The van der Waals surface area contributed by atoms with E-state index < -0.39 is 45.2 Å². The molecule has 0 aliphatic carbocycles. The number of nitrogens with zero attached hydrogens (tertiary/aromatic N) is 4. The van der Waals surface area contributed by atoms with Crippen LogP contribution in [0.25, 0.3) is 10.2 Å². The molecule has 196 valence electrons. The molecule has 1 aliphatic rings. The van der Waals surface area contributed by atoms with Crippen molar-refractivity contribution in [3.05, 3.63) is 28.6 Å². The van der Waals surface area contributed by atoms with Crippen molar-refractivity contribution in [1.29, 1.82) is 0 Å². The SMILES string of the molecule is CCOC(=O)N1CCN(C(=O)CS(=O)(=O)CC(=O)N=c2sc3cc(C(=O)OC)ccc3n2CC)CC1. The smallest absolute Gasteiger partial charge is 0.409 e. The molecule has 1 aromatic carbocycles. The highest BCUT2D eigenvalue weighted by Crippen LogP contribution is 2.20. The summed E-state index contributed by atoms with van der Waals surface area (Å²) in [5, 5.41) is 0. The van der Waals surface area contributed by atoms with E-state index in [1.165, 1.54) is 16.9 Å². The monoisotopic (exact) mass is 540 g/mol. The first kappa shape index (κ1) is 27.3. The molecule has 1 aromatic heterocycles. The average molecular weight is 541 g/mol. The van der Waals surface area contributed by atoms with Crippen LogP contribution in [0, 0.1) is 0 Å². The Morgan fingerprint density at radius 3 is 2.31 bits per heavy atom. The number of rotatable bonds is 7. The van der Waals surface area contributed by atoms with Gasteiger partial charge >= 0.3 is 12.1 Å². The number of amides is 3. The zero-order chi connectivity index (χ0) is 26.5. The Morgan fingerprint density at radius 1 is 1.03 bits per heavy atom. The van der Waals surface area contributed by atoms with Crippen molar-refractivity contribution >= 4 is 55.3 Å². The van der Waals surface area contributed by atoms with E-state index in [2.05, 4.69) is 4.99 Å². The van der Waals surface area contributed by atoms with Gasteiger partial charge in [0.1, 0.15) is 11.5 Å². The minimum atomic E-state index is -4.06. The molecule has 14 heteroatoms. The van der Waals surface area contributed by atoms with E-state index in [-0.39, 0.29) is 37.6 Å². The highest BCUT2D eigenvalue weighted by Gasteiger charge is 2.28. The third-order valence-corrected chi connectivity index (χ3v) is 7.90. The van der Waals surface area contributed by atoms with Crippen molar-refractivity contribution in [3.63, 3.8) is 0 Å². The van der Waals surface area contributed by atoms with E-state index in [9.17, 15) is 27.6 Å². The molecule has 0 atom stereocenters. The maximum absolute atomic E-state index is 12.6. The fraction of sp³-hybridized carbons (Fsp3) is 0.500. The van der Waals surface area contributed by atoms with Gasteiger partial charge in [-0.15, -0.1) is 0 Å². The summed E-state index contributed by atoms with van der Waals surface area (Å²) in [4.78, 5) is 55.7. The van der Waals surface area contributed by atoms with Crippen molar-refractivity contribution in [2.24, 2.45) is 4.99 Å². The molecule has 1 aliphatic heterocycles. The molecule has 3 amide bonds. The van der Waals surface area contributed by atoms with Crippen LogP contribution in [0.2, 0.25) is 0 Å². The molecule has 0 spiro atoms. The highest BCUT2D eigenvalue weighted by atomic mass is 32.2. The summed E-state index contributed by atoms with van der Waals surface area (Å²) in [5.74, 6) is -3.76. The molecule has 2 heterocycles. The lowest BCUT2D eigenvalue weighted by atomic mass is 10.2. The number of hydrogen-bond acceptors (Lipinski definition) is 9. The van der Waals surface area contributed by atoms with Crippen molar-refractivity contribution in [2.75, 3.05) is 51.4 Å². The fourth-order valence-electron chi connectivity index (χ4n) is 3.72. The van der Waals surface area contributed by atoms with Gasteiger partial charge in [-0.25, -0.2) is 18.0 Å². The Balaban J connectivity index is 1.68. The van der Waals surface area contributed by atoms with Gasteiger partial charge in [-0.2, -0.15) is 4.99 Å². The maximum Gasteiger partial charge on any atom is 0.409 e. The van der Waals surface area contributed by atoms with Crippen LogP contribution in [-0.2, 0) is 35.4 Å². The largest absolute Gasteiger partial charge is 0.465 e. The molecule has 0 N–H and O–H groups in total. The average Bonchev–Trinajstić information content (AvgIpc) is 3.18. The summed E-state index contributed by atoms with van der Waals surface area (Å²) in [6.45, 7) is 5.07. The quantitative estimate of drug-likeness (QED) is 0.466. The molecule has 0 saturated carbocycles. The molecule has 36 heavy (non-hydrogen) atoms. The molecule has 3 rings (SSSR count). The minimum absolute atomic E-state index is 0.178. The number of piperazine rings is 1. The van der Waals surface area contributed by atoms with Crippen LogP contribution in [0.1, 0.15) is 24.2 Å². The number of aryl methyl sites for hydroxylation is 1. The van der Waals surface area contributed by atoms with Crippen molar-refractivity contribution < 1.29 is 37.1 Å². The van der Waals surface area contributed by atoms with E-state index in [0.29, 0.717) is 16.8 Å². The lowest BCUT2D eigenvalue weighted by Gasteiger charge is -2.34. The maximum atomic E-state index is 12.6. The first-order valence-electron chi connectivity index (χ1n) is 11.3. The van der Waals surface area contributed by atoms with E-state index in [0.717, 1.165) is 16.9 Å². The number of fused-ring (bicyclic) bond motifs is 1. The predicted octanol–water partition coefficient (Wildman–Crippen LogP) is 0.652. The zero-order valence-electron chi connectivity index (χ0n) is 20.3. The van der Waals surface area contributed by atoms with Gasteiger partial charge in [0.2, 0.25) is 5.91 Å². The Labute approximate surface area is 212 Å². The molecule has 12 nitrogen and oxygen atoms in total. The number of benzene rings is 1. The second-order valence-corrected chi connectivity index (χ2v) is 11.0. The van der Waals surface area contributed by atoms with Gasteiger partial charge in [-0.1, -0.05) is 11.3 Å². The van der Waals surface area contributed by atoms with Crippen LogP contribution >= 0.6 is 11.3 Å². The first-order valence-corrected chi connectivity index (χ1v) is 13.9. The van der Waals surface area contributed by atoms with E-state index in [1.54, 1.807) is 29.7 Å². The number of hydrogen-bond donors (Lipinski definition) is 0. The topological polar surface area (TPSA) is 145 Å². The minimum Gasteiger partial charge on any atom is -0.465 e. The summed E-state index contributed by atoms with van der Waals surface area (Å²) >= 11 is 1.14. The molecule has 0 radical (unpaired) electrons. The van der Waals surface area contributed by atoms with Crippen molar-refractivity contribution in [3.8, 4) is 0 Å². The molecule has 0 bridgehead atoms. The van der Waals surface area contributed by atoms with E-state index in [4.69, 9.17) is 9.47 Å². The molecular weight excluding hydrogens is 512 g/mol. The zero-order valence-corrected chi connectivity index (χ0v) is 21.9. The number of carbonyl (C=O) groups excluding carboxylic acids is 4. The summed E-state index contributed by atoms with van der Waals surface area (Å²) in [6, 6.07) is 4.93. The number of esters is 1. The normalized spacial score (nSPS) is 14.7. The molecule has 2 aromatic rings. The summed E-state index contributed by atoms with van der Waals surface area (Å²) in [5.41, 5.74) is 1.08. The van der Waals surface area contributed by atoms with Gasteiger partial charge < -0.3 is 23.8 Å². The van der Waals surface area contributed by atoms with Crippen LogP contribution in [-0.4, -0.2) is 98.1 Å². The van der Waals surface area contributed by atoms with Gasteiger partial charge in [0.25, 0.3) is 5.91 Å². The standard InChI is InChI=1S/C22H28N4O8S2/c1-4-26-16-7-6-15(20(29)33-3)12-17(16)35-21(26)23-18(27)13-36(31,32)14-19(28)24-8-10-25(11-9-24)22(30)34-5-2/h6-7,12H,4-5,8-11,13-14H2,1-3H3. The van der Waals surface area contributed by atoms with Crippen LogP contribution < -0.4 is 4.80 Å². The summed E-state index contributed by atoms with van der Waals surface area (Å²) in [7, 11) is -2.79. The molecule has 1 fully saturated rings. The van der Waals surface area contributed by atoms with Crippen molar-refractivity contribution in [2.45, 2.75) is 20.4 Å². The highest BCUT2D eigenvalue weighted by molar-refractivity contribution is 7.92. The second-order valence-electron chi connectivity index (χ2n) is 7.91. The Morgan fingerprint density at radius 2 is 1.69 bits per heavy atom. The Bertz CT molecular complexity index is 1340. The molecule has 1 saturated heterocycles. The van der Waals surface area contributed by atoms with E-state index >= 15 is 0 Å². The van der Waals surface area contributed by atoms with Crippen LogP contribution in [0.3, 0.4) is 0 Å². The van der Waals surface area contributed by atoms with Gasteiger partial charge in [-0.3, -0.25) is 9.59 Å². The number of ether oxygens (including phenoxy) is 2. The van der Waals surface area contributed by atoms with Crippen LogP contribution in [0.5, 0.6) is 0 Å². The van der Waals surface area contributed by atoms with Gasteiger partial charge in [-0.05, 0) is 32.0 Å². The number of methoxy groups -OCH3 is 1. The molecule has 0 unspecified atom stereocenters.